The summed E-state index contributed by atoms with van der Waals surface area (Å²) in [5, 5.41) is 9.09. The van der Waals surface area contributed by atoms with Gasteiger partial charge in [-0.25, -0.2) is 4.99 Å². The summed E-state index contributed by atoms with van der Waals surface area (Å²) < 4.78 is 0. The van der Waals surface area contributed by atoms with Crippen LogP contribution in [0.1, 0.15) is 37.7 Å². The summed E-state index contributed by atoms with van der Waals surface area (Å²) in [6, 6.07) is 19.6. The van der Waals surface area contributed by atoms with Gasteiger partial charge in [0.05, 0.1) is 12.1 Å². The van der Waals surface area contributed by atoms with E-state index in [9.17, 15) is 9.59 Å². The number of amidine groups is 1. The monoisotopic (exact) mass is 425 g/mol. The second-order valence-corrected chi connectivity index (χ2v) is 8.44. The van der Waals surface area contributed by atoms with Gasteiger partial charge in [-0.2, -0.15) is 0 Å². The van der Waals surface area contributed by atoms with Gasteiger partial charge in [-0.15, -0.1) is 0 Å². The van der Waals surface area contributed by atoms with Crippen molar-refractivity contribution in [3.8, 4) is 0 Å². The van der Waals surface area contributed by atoms with Crippen molar-refractivity contribution in [2.45, 2.75) is 49.9 Å². The van der Waals surface area contributed by atoms with Crippen LogP contribution < -0.4 is 5.73 Å². The first-order chi connectivity index (χ1) is 14.6. The molecule has 158 valence electrons. The van der Waals surface area contributed by atoms with Gasteiger partial charge >= 0.3 is 5.97 Å². The number of aliphatic carboxylic acids is 1. The predicted octanol–water partition coefficient (Wildman–Crippen LogP) is 4.18. The second kappa shape index (κ2) is 10.9. The first-order valence-corrected chi connectivity index (χ1v) is 11.1. The Kier molecular flexibility index (Phi) is 8.04. The third kappa shape index (κ3) is 5.93. The standard InChI is InChI=1S/C16H18N2O3S.C7H9N/c19-14(20)10-13-15(21)18(12-8-4-5-9-12)16(22-13)17-11-6-2-1-3-7-11;8-6-7-4-2-1-3-5-7/h1-3,6-7,12-13H,4-5,8-10H2,(H,19,20);1-5H,6,8H2. The van der Waals surface area contributed by atoms with Gasteiger partial charge in [-0.1, -0.05) is 73.1 Å². The average Bonchev–Trinajstić information content (AvgIpc) is 3.38. The SMILES string of the molecule is NCc1ccccc1.O=C(O)CC1SC(=Nc2ccccc2)N(C2CCCC2)C1=O. The van der Waals surface area contributed by atoms with E-state index in [2.05, 4.69) is 4.99 Å². The summed E-state index contributed by atoms with van der Waals surface area (Å²) in [4.78, 5) is 29.9. The Hall–Kier alpha value is -2.64. The molecule has 7 heteroatoms. The van der Waals surface area contributed by atoms with E-state index in [1.165, 1.54) is 17.3 Å². The van der Waals surface area contributed by atoms with E-state index in [1.54, 1.807) is 4.90 Å². The van der Waals surface area contributed by atoms with Crippen LogP contribution in [0.3, 0.4) is 0 Å². The van der Waals surface area contributed by atoms with Crippen molar-refractivity contribution in [3.05, 3.63) is 66.2 Å². The highest BCUT2D eigenvalue weighted by atomic mass is 32.2. The normalized spacial score (nSPS) is 20.3. The van der Waals surface area contributed by atoms with Crippen molar-refractivity contribution in [1.29, 1.82) is 0 Å². The molecule has 1 amide bonds. The van der Waals surface area contributed by atoms with Crippen LogP contribution in [0.5, 0.6) is 0 Å². The van der Waals surface area contributed by atoms with Crippen LogP contribution in [0.15, 0.2) is 65.7 Å². The fourth-order valence-electron chi connectivity index (χ4n) is 3.58. The van der Waals surface area contributed by atoms with Gasteiger partial charge in [0.25, 0.3) is 0 Å². The van der Waals surface area contributed by atoms with Gasteiger partial charge in [-0.05, 0) is 30.5 Å². The summed E-state index contributed by atoms with van der Waals surface area (Å²) in [5.74, 6) is -1.05. The number of para-hydroxylation sites is 1. The van der Waals surface area contributed by atoms with Crippen LogP contribution in [0.4, 0.5) is 5.69 Å². The first kappa shape index (κ1) is 22.1. The Morgan fingerprint density at radius 2 is 1.67 bits per heavy atom. The molecule has 0 radical (unpaired) electrons. The maximum Gasteiger partial charge on any atom is 0.305 e. The quantitative estimate of drug-likeness (QED) is 0.749. The number of carbonyl (C=O) groups excluding carboxylic acids is 1. The molecule has 1 saturated carbocycles. The Morgan fingerprint density at radius 3 is 2.20 bits per heavy atom. The smallest absolute Gasteiger partial charge is 0.305 e. The van der Waals surface area contributed by atoms with E-state index in [0.717, 1.165) is 31.4 Å². The van der Waals surface area contributed by atoms with Crippen LogP contribution in [0.25, 0.3) is 0 Å². The fraction of sp³-hybridized carbons (Fsp3) is 0.348. The number of thioether (sulfide) groups is 1. The van der Waals surface area contributed by atoms with Crippen molar-refractivity contribution in [2.24, 2.45) is 10.7 Å². The molecule has 30 heavy (non-hydrogen) atoms. The molecule has 1 unspecified atom stereocenters. The van der Waals surface area contributed by atoms with Gasteiger partial charge < -0.3 is 10.8 Å². The second-order valence-electron chi connectivity index (χ2n) is 7.27. The molecule has 3 N–H and O–H groups in total. The van der Waals surface area contributed by atoms with E-state index in [4.69, 9.17) is 10.8 Å². The molecule has 0 spiro atoms. The summed E-state index contributed by atoms with van der Waals surface area (Å²) in [6.45, 7) is 0.640. The van der Waals surface area contributed by atoms with Crippen LogP contribution in [0, 0.1) is 0 Å². The third-order valence-electron chi connectivity index (χ3n) is 5.08. The predicted molar refractivity (Wildman–Crippen MR) is 121 cm³/mol. The van der Waals surface area contributed by atoms with Gasteiger partial charge in [-0.3, -0.25) is 14.5 Å². The van der Waals surface area contributed by atoms with Crippen LogP contribution in [-0.2, 0) is 16.1 Å². The van der Waals surface area contributed by atoms with Crippen molar-refractivity contribution in [2.75, 3.05) is 0 Å². The van der Waals surface area contributed by atoms with Gasteiger partial charge in [0.1, 0.15) is 5.25 Å². The number of nitrogens with zero attached hydrogens (tertiary/aromatic N) is 2. The number of rotatable bonds is 5. The van der Waals surface area contributed by atoms with E-state index >= 15 is 0 Å². The zero-order chi connectivity index (χ0) is 21.3. The summed E-state index contributed by atoms with van der Waals surface area (Å²) in [7, 11) is 0. The number of carbonyl (C=O) groups is 2. The molecule has 6 nitrogen and oxygen atoms in total. The number of carboxylic acid groups (broad SMARTS) is 1. The Labute approximate surface area is 181 Å². The van der Waals surface area contributed by atoms with E-state index in [-0.39, 0.29) is 18.4 Å². The number of hydrogen-bond acceptors (Lipinski definition) is 5. The Bertz CT molecular complexity index is 868. The van der Waals surface area contributed by atoms with Crippen LogP contribution >= 0.6 is 11.8 Å². The molecular formula is C23H27N3O3S. The molecule has 1 saturated heterocycles. The average molecular weight is 426 g/mol. The van der Waals surface area contributed by atoms with Gasteiger partial charge in [0.15, 0.2) is 5.17 Å². The molecule has 1 heterocycles. The molecule has 2 aromatic rings. The molecule has 2 fully saturated rings. The molecule has 4 rings (SSSR count). The van der Waals surface area contributed by atoms with Gasteiger partial charge in [0, 0.05) is 12.6 Å². The molecule has 1 atom stereocenters. The van der Waals surface area contributed by atoms with E-state index in [0.29, 0.717) is 11.7 Å². The largest absolute Gasteiger partial charge is 0.481 e. The maximum absolute atomic E-state index is 12.6. The number of carboxylic acids is 1. The zero-order valence-corrected chi connectivity index (χ0v) is 17.6. The molecule has 2 aliphatic rings. The van der Waals surface area contributed by atoms with Crippen molar-refractivity contribution in [1.82, 2.24) is 4.90 Å². The summed E-state index contributed by atoms with van der Waals surface area (Å²) in [6.07, 6.45) is 4.02. The Balaban J connectivity index is 0.000000269. The number of nitrogens with two attached hydrogens (primary N) is 1. The molecule has 0 bridgehead atoms. The topological polar surface area (TPSA) is 96.0 Å². The van der Waals surface area contributed by atoms with E-state index in [1.807, 2.05) is 60.7 Å². The lowest BCUT2D eigenvalue weighted by molar-refractivity contribution is -0.139. The minimum absolute atomic E-state index is 0.103. The summed E-state index contributed by atoms with van der Waals surface area (Å²) in [5.41, 5.74) is 7.33. The molecule has 1 aliphatic heterocycles. The van der Waals surface area contributed by atoms with Gasteiger partial charge in [0.2, 0.25) is 5.91 Å². The van der Waals surface area contributed by atoms with E-state index < -0.39 is 11.2 Å². The van der Waals surface area contributed by atoms with Crippen LogP contribution in [-0.4, -0.2) is 38.3 Å². The molecular weight excluding hydrogens is 398 g/mol. The molecule has 2 aromatic carbocycles. The lowest BCUT2D eigenvalue weighted by Crippen LogP contribution is -2.39. The Morgan fingerprint density at radius 1 is 1.07 bits per heavy atom. The number of aliphatic imine (C=N–C) groups is 1. The maximum atomic E-state index is 12.6. The fourth-order valence-corrected chi connectivity index (χ4v) is 4.78. The number of hydrogen-bond donors (Lipinski definition) is 2. The lowest BCUT2D eigenvalue weighted by atomic mass is 10.2. The highest BCUT2D eigenvalue weighted by Gasteiger charge is 2.43. The first-order valence-electron chi connectivity index (χ1n) is 10.2. The zero-order valence-electron chi connectivity index (χ0n) is 16.8. The number of amides is 1. The molecule has 1 aliphatic carbocycles. The van der Waals surface area contributed by atoms with Crippen molar-refractivity contribution < 1.29 is 14.7 Å². The highest BCUT2D eigenvalue weighted by Crippen LogP contribution is 2.37. The van der Waals surface area contributed by atoms with Crippen LogP contribution in [0.2, 0.25) is 0 Å². The minimum atomic E-state index is -0.946. The molecule has 0 aromatic heterocycles. The highest BCUT2D eigenvalue weighted by molar-refractivity contribution is 8.15. The van der Waals surface area contributed by atoms with Crippen molar-refractivity contribution in [3.63, 3.8) is 0 Å². The lowest BCUT2D eigenvalue weighted by Gasteiger charge is -2.23. The third-order valence-corrected chi connectivity index (χ3v) is 6.23. The minimum Gasteiger partial charge on any atom is -0.481 e. The van der Waals surface area contributed by atoms with Crippen molar-refractivity contribution >= 4 is 34.5 Å². The summed E-state index contributed by atoms with van der Waals surface area (Å²) >= 11 is 1.28. The number of benzene rings is 2.